The van der Waals surface area contributed by atoms with Gasteiger partial charge >= 0.3 is 0 Å². The molecule has 1 N–H and O–H groups in total. The van der Waals surface area contributed by atoms with Crippen LogP contribution < -0.4 is 5.43 Å². The van der Waals surface area contributed by atoms with Gasteiger partial charge < -0.3 is 5.43 Å². The van der Waals surface area contributed by atoms with E-state index in [2.05, 4.69) is 30.5 Å². The van der Waals surface area contributed by atoms with Crippen LogP contribution >= 0.6 is 0 Å². The number of nitrogens with zero attached hydrogens (tertiary/aromatic N) is 1. The second kappa shape index (κ2) is 1.87. The smallest absolute Gasteiger partial charge is 0.0678 e. The first-order valence-electron chi connectivity index (χ1n) is 3.10. The molecule has 9 heavy (non-hydrogen) atoms. The molecule has 0 unspecified atom stereocenters. The van der Waals surface area contributed by atoms with Crippen LogP contribution in [0.3, 0.4) is 0 Å². The summed E-state index contributed by atoms with van der Waals surface area (Å²) in [5.41, 5.74) is 4.24. The molecule has 0 aromatic rings. The second-order valence-electron chi connectivity index (χ2n) is 2.98. The summed E-state index contributed by atoms with van der Waals surface area (Å²) in [6.45, 7) is 6.23. The highest BCUT2D eigenvalue weighted by Gasteiger charge is 2.14. The Balaban J connectivity index is 2.78. The third-order valence-corrected chi connectivity index (χ3v) is 1.21. The van der Waals surface area contributed by atoms with Crippen LogP contribution in [0, 0.1) is 0 Å². The van der Waals surface area contributed by atoms with Crippen LogP contribution in [0.15, 0.2) is 16.8 Å². The van der Waals surface area contributed by atoms with Gasteiger partial charge in [0.25, 0.3) is 0 Å². The van der Waals surface area contributed by atoms with Gasteiger partial charge in [0, 0.05) is 6.21 Å². The van der Waals surface area contributed by atoms with Gasteiger partial charge in [-0.15, -0.1) is 0 Å². The van der Waals surface area contributed by atoms with Crippen molar-refractivity contribution in [1.82, 2.24) is 5.43 Å². The van der Waals surface area contributed by atoms with Crippen molar-refractivity contribution in [2.75, 3.05) is 0 Å². The van der Waals surface area contributed by atoms with E-state index < -0.39 is 0 Å². The Morgan fingerprint density at radius 2 is 2.22 bits per heavy atom. The number of rotatable bonds is 0. The topological polar surface area (TPSA) is 24.4 Å². The van der Waals surface area contributed by atoms with E-state index in [-0.39, 0.29) is 5.54 Å². The molecule has 0 radical (unpaired) electrons. The zero-order valence-corrected chi connectivity index (χ0v) is 6.10. The van der Waals surface area contributed by atoms with Crippen LogP contribution in [0.2, 0.25) is 0 Å². The molecule has 2 heteroatoms. The normalized spacial score (nSPS) is 22.8. The van der Waals surface area contributed by atoms with Gasteiger partial charge in [-0.2, -0.15) is 5.10 Å². The highest BCUT2D eigenvalue weighted by Crippen LogP contribution is 2.09. The number of nitrogens with one attached hydrogen (secondary N) is 1. The first kappa shape index (κ1) is 6.33. The van der Waals surface area contributed by atoms with Crippen LogP contribution in [0.4, 0.5) is 0 Å². The number of hydrogen-bond acceptors (Lipinski definition) is 2. The summed E-state index contributed by atoms with van der Waals surface area (Å²) >= 11 is 0. The molecular weight excluding hydrogens is 112 g/mol. The fourth-order valence-corrected chi connectivity index (χ4v) is 0.939. The standard InChI is InChI=1S/C7H12N2/c1-6-4-7(2,3)9-8-5-6/h4-5,9H,1-3H3. The van der Waals surface area contributed by atoms with Crippen LogP contribution in [0.1, 0.15) is 20.8 Å². The molecule has 0 saturated heterocycles. The van der Waals surface area contributed by atoms with Gasteiger partial charge in [-0.3, -0.25) is 0 Å². The van der Waals surface area contributed by atoms with Crippen molar-refractivity contribution in [3.8, 4) is 0 Å². The average Bonchev–Trinajstić information content (AvgIpc) is 1.60. The van der Waals surface area contributed by atoms with Crippen molar-refractivity contribution in [3.05, 3.63) is 11.6 Å². The van der Waals surface area contributed by atoms with E-state index >= 15 is 0 Å². The molecule has 0 aromatic carbocycles. The van der Waals surface area contributed by atoms with E-state index in [4.69, 9.17) is 0 Å². The maximum atomic E-state index is 3.97. The zero-order chi connectivity index (χ0) is 6.91. The lowest BCUT2D eigenvalue weighted by Gasteiger charge is -2.23. The molecule has 0 bridgehead atoms. The Bertz CT molecular complexity index is 166. The molecule has 0 amide bonds. The molecule has 1 aliphatic rings. The van der Waals surface area contributed by atoms with Crippen LogP contribution in [-0.4, -0.2) is 11.8 Å². The summed E-state index contributed by atoms with van der Waals surface area (Å²) in [5.74, 6) is 0. The van der Waals surface area contributed by atoms with E-state index in [0.717, 1.165) is 0 Å². The molecule has 0 aromatic heterocycles. The second-order valence-corrected chi connectivity index (χ2v) is 2.98. The third kappa shape index (κ3) is 1.56. The minimum Gasteiger partial charge on any atom is -0.301 e. The Kier molecular flexibility index (Phi) is 1.31. The molecule has 50 valence electrons. The molecule has 0 fully saturated rings. The fourth-order valence-electron chi connectivity index (χ4n) is 0.939. The molecule has 2 nitrogen and oxygen atoms in total. The monoisotopic (exact) mass is 124 g/mol. The maximum Gasteiger partial charge on any atom is 0.0678 e. The summed E-state index contributed by atoms with van der Waals surface area (Å²) < 4.78 is 0. The predicted octanol–water partition coefficient (Wildman–Crippen LogP) is 1.30. The van der Waals surface area contributed by atoms with Gasteiger partial charge in [-0.1, -0.05) is 6.08 Å². The fraction of sp³-hybridized carbons (Fsp3) is 0.571. The lowest BCUT2D eigenvalue weighted by atomic mass is 10.0. The van der Waals surface area contributed by atoms with Crippen molar-refractivity contribution < 1.29 is 0 Å². The first-order chi connectivity index (χ1) is 4.10. The minimum absolute atomic E-state index is 0.0405. The van der Waals surface area contributed by atoms with E-state index in [1.54, 1.807) is 0 Å². The Hall–Kier alpha value is -0.790. The Labute approximate surface area is 55.6 Å². The van der Waals surface area contributed by atoms with Crippen LogP contribution in [-0.2, 0) is 0 Å². The number of allylic oxidation sites excluding steroid dienone is 1. The lowest BCUT2D eigenvalue weighted by molar-refractivity contribution is 0.488. The summed E-state index contributed by atoms with van der Waals surface area (Å²) in [4.78, 5) is 0. The largest absolute Gasteiger partial charge is 0.301 e. The van der Waals surface area contributed by atoms with Gasteiger partial charge in [0.2, 0.25) is 0 Å². The van der Waals surface area contributed by atoms with Gasteiger partial charge in [0.05, 0.1) is 5.54 Å². The highest BCUT2D eigenvalue weighted by molar-refractivity contribution is 5.78. The van der Waals surface area contributed by atoms with E-state index in [9.17, 15) is 0 Å². The van der Waals surface area contributed by atoms with Crippen LogP contribution in [0.5, 0.6) is 0 Å². The maximum absolute atomic E-state index is 3.97. The van der Waals surface area contributed by atoms with E-state index in [1.165, 1.54) is 5.57 Å². The van der Waals surface area contributed by atoms with Crippen molar-refractivity contribution in [2.45, 2.75) is 26.3 Å². The SMILES string of the molecule is CC1=CC(C)(C)NN=C1. The van der Waals surface area contributed by atoms with Gasteiger partial charge in [-0.25, -0.2) is 0 Å². The third-order valence-electron chi connectivity index (χ3n) is 1.21. The molecule has 1 heterocycles. The molecule has 0 spiro atoms. The molecule has 0 atom stereocenters. The summed E-state index contributed by atoms with van der Waals surface area (Å²) in [7, 11) is 0. The van der Waals surface area contributed by atoms with E-state index in [0.29, 0.717) is 0 Å². The average molecular weight is 124 g/mol. The van der Waals surface area contributed by atoms with E-state index in [1.807, 2.05) is 13.1 Å². The predicted molar refractivity (Wildman–Crippen MR) is 39.5 cm³/mol. The Morgan fingerprint density at radius 3 is 2.56 bits per heavy atom. The first-order valence-corrected chi connectivity index (χ1v) is 3.10. The molecule has 1 rings (SSSR count). The summed E-state index contributed by atoms with van der Waals surface area (Å²) in [5, 5.41) is 3.97. The zero-order valence-electron chi connectivity index (χ0n) is 6.10. The number of hydrogen-bond donors (Lipinski definition) is 1. The van der Waals surface area contributed by atoms with Crippen LogP contribution in [0.25, 0.3) is 0 Å². The number of hydrazone groups is 1. The van der Waals surface area contributed by atoms with Crippen molar-refractivity contribution in [3.63, 3.8) is 0 Å². The van der Waals surface area contributed by atoms with Crippen molar-refractivity contribution in [2.24, 2.45) is 5.10 Å². The summed E-state index contributed by atoms with van der Waals surface area (Å²) in [6.07, 6.45) is 3.98. The minimum atomic E-state index is 0.0405. The highest BCUT2D eigenvalue weighted by atomic mass is 15.3. The lowest BCUT2D eigenvalue weighted by Crippen LogP contribution is -2.35. The van der Waals surface area contributed by atoms with Gasteiger partial charge in [-0.05, 0) is 26.3 Å². The molecule has 0 aliphatic carbocycles. The van der Waals surface area contributed by atoms with Crippen molar-refractivity contribution >= 4 is 6.21 Å². The molecule has 1 aliphatic heterocycles. The van der Waals surface area contributed by atoms with Crippen molar-refractivity contribution in [1.29, 1.82) is 0 Å². The quantitative estimate of drug-likeness (QED) is 0.517. The summed E-state index contributed by atoms with van der Waals surface area (Å²) in [6, 6.07) is 0. The van der Waals surface area contributed by atoms with Gasteiger partial charge in [0.1, 0.15) is 0 Å². The van der Waals surface area contributed by atoms with Gasteiger partial charge in [0.15, 0.2) is 0 Å². The molecular formula is C7H12N2. The molecule has 0 saturated carbocycles. The Morgan fingerprint density at radius 1 is 1.56 bits per heavy atom.